The number of amides is 1. The first-order valence-electron chi connectivity index (χ1n) is 8.78. The van der Waals surface area contributed by atoms with Crippen LogP contribution in [0.25, 0.3) is 0 Å². The number of piperidine rings is 1. The van der Waals surface area contributed by atoms with Gasteiger partial charge in [-0.2, -0.15) is 0 Å². The number of benzene rings is 2. The minimum atomic E-state index is 0.0569. The third kappa shape index (κ3) is 4.44. The molecule has 1 aliphatic heterocycles. The molecule has 0 radical (unpaired) electrons. The minimum Gasteiger partial charge on any atom is -0.497 e. The first kappa shape index (κ1) is 18.0. The highest BCUT2D eigenvalue weighted by Gasteiger charge is 2.24. The summed E-state index contributed by atoms with van der Waals surface area (Å²) >= 11 is 0. The Morgan fingerprint density at radius 1 is 1.00 bits per heavy atom. The molecule has 1 aliphatic rings. The van der Waals surface area contributed by atoms with E-state index in [1.807, 2.05) is 53.4 Å². The lowest BCUT2D eigenvalue weighted by Gasteiger charge is -2.32. The maximum atomic E-state index is 12.6. The molecule has 1 saturated heterocycles. The standard InChI is InChI=1S/C22H23NO3/c1-25-20-13-9-18(10-14-20)6-5-17-7-11-19(12-8-17)22(24)23-15-3-4-21(16-23)26-2/h7-14,21H,3-4,15-16H2,1-2H3. The molecule has 1 fully saturated rings. The largest absolute Gasteiger partial charge is 0.497 e. The smallest absolute Gasteiger partial charge is 0.253 e. The Balaban J connectivity index is 1.66. The van der Waals surface area contributed by atoms with Crippen LogP contribution in [0.3, 0.4) is 0 Å². The Labute approximate surface area is 154 Å². The monoisotopic (exact) mass is 349 g/mol. The zero-order chi connectivity index (χ0) is 18.4. The van der Waals surface area contributed by atoms with E-state index in [0.29, 0.717) is 12.1 Å². The lowest BCUT2D eigenvalue weighted by molar-refractivity contribution is 0.0269. The van der Waals surface area contributed by atoms with Gasteiger partial charge in [0.2, 0.25) is 0 Å². The fourth-order valence-corrected chi connectivity index (χ4v) is 3.01. The van der Waals surface area contributed by atoms with Crippen molar-refractivity contribution in [2.24, 2.45) is 0 Å². The molecule has 0 aromatic heterocycles. The van der Waals surface area contributed by atoms with Crippen LogP contribution in [0.2, 0.25) is 0 Å². The van der Waals surface area contributed by atoms with Crippen molar-refractivity contribution >= 4 is 5.91 Å². The van der Waals surface area contributed by atoms with Crippen molar-refractivity contribution in [2.45, 2.75) is 18.9 Å². The van der Waals surface area contributed by atoms with Crippen LogP contribution in [0.15, 0.2) is 48.5 Å². The van der Waals surface area contributed by atoms with E-state index in [0.717, 1.165) is 36.3 Å². The van der Waals surface area contributed by atoms with E-state index in [9.17, 15) is 4.79 Å². The number of ether oxygens (including phenoxy) is 2. The van der Waals surface area contributed by atoms with Gasteiger partial charge >= 0.3 is 0 Å². The molecule has 2 aromatic carbocycles. The Bertz CT molecular complexity index is 800. The molecule has 1 amide bonds. The van der Waals surface area contributed by atoms with Crippen molar-refractivity contribution in [3.63, 3.8) is 0 Å². The number of carbonyl (C=O) groups is 1. The Morgan fingerprint density at radius 3 is 2.19 bits per heavy atom. The van der Waals surface area contributed by atoms with Crippen LogP contribution in [0, 0.1) is 11.8 Å². The molecule has 0 bridgehead atoms. The van der Waals surface area contributed by atoms with Crippen LogP contribution in [0.1, 0.15) is 34.3 Å². The average molecular weight is 349 g/mol. The molecular formula is C22H23NO3. The number of carbonyl (C=O) groups excluding carboxylic acids is 1. The van der Waals surface area contributed by atoms with Gasteiger partial charge in [0.15, 0.2) is 0 Å². The second-order valence-electron chi connectivity index (χ2n) is 6.31. The van der Waals surface area contributed by atoms with Gasteiger partial charge in [0, 0.05) is 36.9 Å². The third-order valence-electron chi connectivity index (χ3n) is 4.57. The first-order valence-corrected chi connectivity index (χ1v) is 8.78. The molecule has 1 unspecified atom stereocenters. The van der Waals surface area contributed by atoms with Crippen molar-refractivity contribution in [3.8, 4) is 17.6 Å². The number of hydrogen-bond donors (Lipinski definition) is 0. The fourth-order valence-electron chi connectivity index (χ4n) is 3.01. The fraction of sp³-hybridized carbons (Fsp3) is 0.318. The lowest BCUT2D eigenvalue weighted by Crippen LogP contribution is -2.42. The number of hydrogen-bond acceptors (Lipinski definition) is 3. The summed E-state index contributed by atoms with van der Waals surface area (Å²) < 4.78 is 10.5. The van der Waals surface area contributed by atoms with Gasteiger partial charge in [-0.15, -0.1) is 0 Å². The molecule has 1 heterocycles. The zero-order valence-electron chi connectivity index (χ0n) is 15.2. The van der Waals surface area contributed by atoms with Crippen LogP contribution in [0.4, 0.5) is 0 Å². The summed E-state index contributed by atoms with van der Waals surface area (Å²) in [5.74, 6) is 7.11. The Kier molecular flexibility index (Phi) is 5.93. The molecule has 134 valence electrons. The molecule has 2 aromatic rings. The highest BCUT2D eigenvalue weighted by molar-refractivity contribution is 5.94. The molecule has 4 nitrogen and oxygen atoms in total. The van der Waals surface area contributed by atoms with E-state index in [1.165, 1.54) is 0 Å². The zero-order valence-corrected chi connectivity index (χ0v) is 15.2. The van der Waals surface area contributed by atoms with Crippen molar-refractivity contribution < 1.29 is 14.3 Å². The van der Waals surface area contributed by atoms with Crippen molar-refractivity contribution in [1.82, 2.24) is 4.90 Å². The summed E-state index contributed by atoms with van der Waals surface area (Å²) in [4.78, 5) is 14.5. The molecule has 1 atom stereocenters. The van der Waals surface area contributed by atoms with Gasteiger partial charge in [-0.25, -0.2) is 0 Å². The van der Waals surface area contributed by atoms with Crippen molar-refractivity contribution in [1.29, 1.82) is 0 Å². The van der Waals surface area contributed by atoms with Crippen LogP contribution in [0.5, 0.6) is 5.75 Å². The predicted molar refractivity (Wildman–Crippen MR) is 101 cm³/mol. The number of methoxy groups -OCH3 is 2. The summed E-state index contributed by atoms with van der Waals surface area (Å²) in [5.41, 5.74) is 2.49. The van der Waals surface area contributed by atoms with Gasteiger partial charge in [0.25, 0.3) is 5.91 Å². The van der Waals surface area contributed by atoms with E-state index in [-0.39, 0.29) is 12.0 Å². The van der Waals surface area contributed by atoms with E-state index < -0.39 is 0 Å². The molecular weight excluding hydrogens is 326 g/mol. The van der Waals surface area contributed by atoms with E-state index in [1.54, 1.807) is 14.2 Å². The van der Waals surface area contributed by atoms with Gasteiger partial charge in [-0.1, -0.05) is 11.8 Å². The maximum Gasteiger partial charge on any atom is 0.253 e. The SMILES string of the molecule is COc1ccc(C#Cc2ccc(C(=O)N3CCCC(OC)C3)cc2)cc1. The Hall–Kier alpha value is -2.77. The molecule has 4 heteroatoms. The molecule has 0 spiro atoms. The summed E-state index contributed by atoms with van der Waals surface area (Å²) in [6.07, 6.45) is 2.14. The highest BCUT2D eigenvalue weighted by Crippen LogP contribution is 2.16. The highest BCUT2D eigenvalue weighted by atomic mass is 16.5. The number of nitrogens with zero attached hydrogens (tertiary/aromatic N) is 1. The predicted octanol–water partition coefficient (Wildman–Crippen LogP) is 3.35. The molecule has 26 heavy (non-hydrogen) atoms. The number of rotatable bonds is 3. The van der Waals surface area contributed by atoms with Gasteiger partial charge in [0.1, 0.15) is 5.75 Å². The molecule has 0 aliphatic carbocycles. The van der Waals surface area contributed by atoms with Crippen molar-refractivity contribution in [3.05, 3.63) is 65.2 Å². The van der Waals surface area contributed by atoms with Crippen LogP contribution >= 0.6 is 0 Å². The van der Waals surface area contributed by atoms with Gasteiger partial charge in [-0.05, 0) is 61.4 Å². The second-order valence-corrected chi connectivity index (χ2v) is 6.31. The lowest BCUT2D eigenvalue weighted by atomic mass is 10.1. The van der Waals surface area contributed by atoms with E-state index in [4.69, 9.17) is 9.47 Å². The van der Waals surface area contributed by atoms with Crippen LogP contribution < -0.4 is 4.74 Å². The third-order valence-corrected chi connectivity index (χ3v) is 4.57. The summed E-state index contributed by atoms with van der Waals surface area (Å²) in [6, 6.07) is 15.1. The second kappa shape index (κ2) is 8.55. The topological polar surface area (TPSA) is 38.8 Å². The normalized spacial score (nSPS) is 16.5. The van der Waals surface area contributed by atoms with Gasteiger partial charge in [0.05, 0.1) is 13.2 Å². The molecule has 0 saturated carbocycles. The van der Waals surface area contributed by atoms with Gasteiger partial charge < -0.3 is 14.4 Å². The summed E-state index contributed by atoms with van der Waals surface area (Å²) in [6.45, 7) is 1.45. The quantitative estimate of drug-likeness (QED) is 0.798. The van der Waals surface area contributed by atoms with Crippen LogP contribution in [-0.4, -0.2) is 44.2 Å². The van der Waals surface area contributed by atoms with Crippen molar-refractivity contribution in [2.75, 3.05) is 27.3 Å². The van der Waals surface area contributed by atoms with Gasteiger partial charge in [-0.3, -0.25) is 4.79 Å². The maximum absolute atomic E-state index is 12.6. The molecule has 3 rings (SSSR count). The van der Waals surface area contributed by atoms with E-state index >= 15 is 0 Å². The summed E-state index contributed by atoms with van der Waals surface area (Å²) in [7, 11) is 3.35. The minimum absolute atomic E-state index is 0.0569. The Morgan fingerprint density at radius 2 is 1.62 bits per heavy atom. The van der Waals surface area contributed by atoms with Crippen LogP contribution in [-0.2, 0) is 4.74 Å². The number of likely N-dealkylation sites (tertiary alicyclic amines) is 1. The summed E-state index contributed by atoms with van der Waals surface area (Å²) in [5, 5.41) is 0. The first-order chi connectivity index (χ1) is 12.7. The van der Waals surface area contributed by atoms with E-state index in [2.05, 4.69) is 11.8 Å². The molecule has 0 N–H and O–H groups in total. The average Bonchev–Trinajstić information content (AvgIpc) is 2.72.